The molecule has 5 rings (SSSR count). The van der Waals surface area contributed by atoms with Crippen molar-refractivity contribution in [2.45, 2.75) is 13.1 Å². The number of para-hydroxylation sites is 1. The van der Waals surface area contributed by atoms with Crippen LogP contribution < -0.4 is 19.8 Å². The molecule has 0 spiro atoms. The lowest BCUT2D eigenvalue weighted by molar-refractivity contribution is -0.133. The zero-order chi connectivity index (χ0) is 25.2. The molecule has 0 radical (unpaired) electrons. The molecule has 4 aromatic rings. The van der Waals surface area contributed by atoms with Crippen molar-refractivity contribution in [3.05, 3.63) is 58.5 Å². The van der Waals surface area contributed by atoms with Gasteiger partial charge >= 0.3 is 0 Å². The van der Waals surface area contributed by atoms with E-state index in [-0.39, 0.29) is 18.0 Å². The second kappa shape index (κ2) is 9.90. The van der Waals surface area contributed by atoms with Gasteiger partial charge < -0.3 is 24.1 Å². The average molecular weight is 492 g/mol. The van der Waals surface area contributed by atoms with E-state index < -0.39 is 0 Å². The first-order valence-electron chi connectivity index (χ1n) is 11.8. The number of methoxy groups -OCH3 is 3. The number of carbonyl (C=O) groups is 1. The van der Waals surface area contributed by atoms with E-state index in [4.69, 9.17) is 14.2 Å². The quantitative estimate of drug-likeness (QED) is 0.423. The lowest BCUT2D eigenvalue weighted by Crippen LogP contribution is -2.49. The Morgan fingerprint density at radius 2 is 1.69 bits per heavy atom. The Kier molecular flexibility index (Phi) is 6.51. The molecule has 10 heteroatoms. The van der Waals surface area contributed by atoms with E-state index >= 15 is 0 Å². The van der Waals surface area contributed by atoms with Crippen molar-refractivity contribution < 1.29 is 19.0 Å². The third kappa shape index (κ3) is 4.24. The van der Waals surface area contributed by atoms with Crippen molar-refractivity contribution in [2.24, 2.45) is 0 Å². The van der Waals surface area contributed by atoms with E-state index in [1.54, 1.807) is 32.4 Å². The summed E-state index contributed by atoms with van der Waals surface area (Å²) in [6.45, 7) is 3.10. The lowest BCUT2D eigenvalue weighted by Gasteiger charge is -2.35. The Morgan fingerprint density at radius 3 is 2.42 bits per heavy atom. The van der Waals surface area contributed by atoms with Crippen LogP contribution in [0.2, 0.25) is 0 Å². The van der Waals surface area contributed by atoms with Crippen molar-refractivity contribution >= 4 is 27.7 Å². The Balaban J connectivity index is 1.24. The van der Waals surface area contributed by atoms with Crippen LogP contribution in [0.5, 0.6) is 17.2 Å². The molecule has 0 saturated carbocycles. The highest BCUT2D eigenvalue weighted by molar-refractivity contribution is 6.06. The molecule has 1 saturated heterocycles. The minimum atomic E-state index is -0.295. The van der Waals surface area contributed by atoms with Crippen molar-refractivity contribution in [3.63, 3.8) is 0 Å². The van der Waals surface area contributed by atoms with Gasteiger partial charge in [0.05, 0.1) is 27.5 Å². The average Bonchev–Trinajstić information content (AvgIpc) is 3.29. The Hall–Kier alpha value is -4.05. The van der Waals surface area contributed by atoms with Gasteiger partial charge in [0, 0.05) is 54.6 Å². The minimum Gasteiger partial charge on any atom is -0.493 e. The highest BCUT2D eigenvalue weighted by Crippen LogP contribution is 2.40. The van der Waals surface area contributed by atoms with Crippen molar-refractivity contribution in [1.29, 1.82) is 0 Å². The molecular formula is C26H29N5O5. The summed E-state index contributed by atoms with van der Waals surface area (Å²) in [5.74, 6) is 1.70. The summed E-state index contributed by atoms with van der Waals surface area (Å²) in [5, 5.41) is 5.98. The zero-order valence-electron chi connectivity index (χ0n) is 20.6. The third-order valence-electron chi connectivity index (χ3n) is 6.71. The molecular weight excluding hydrogens is 462 g/mol. The molecule has 2 aromatic heterocycles. The Labute approximate surface area is 208 Å². The number of carbonyl (C=O) groups excluding carboxylic acids is 1. The van der Waals surface area contributed by atoms with Gasteiger partial charge in [-0.25, -0.2) is 4.68 Å². The summed E-state index contributed by atoms with van der Waals surface area (Å²) in [7, 11) is 4.79. The van der Waals surface area contributed by atoms with Crippen LogP contribution in [0.15, 0.2) is 47.4 Å². The maximum absolute atomic E-state index is 13.0. The molecule has 1 amide bonds. The SMILES string of the molecule is COc1ccc(CN2CCN(C(=O)Cn3ncc4c([nH]c5ccccc54)c3=O)CC2)c(OC)c1OC. The topological polar surface area (TPSA) is 102 Å². The number of ether oxygens (including phenoxy) is 3. The smallest absolute Gasteiger partial charge is 0.291 e. The van der Waals surface area contributed by atoms with Crippen LogP contribution in [0, 0.1) is 0 Å². The Morgan fingerprint density at radius 1 is 0.944 bits per heavy atom. The van der Waals surface area contributed by atoms with Crippen LogP contribution in [-0.2, 0) is 17.9 Å². The van der Waals surface area contributed by atoms with Gasteiger partial charge in [-0.3, -0.25) is 14.5 Å². The number of nitrogens with zero attached hydrogens (tertiary/aromatic N) is 4. The van der Waals surface area contributed by atoms with Crippen molar-refractivity contribution in [2.75, 3.05) is 47.5 Å². The number of hydrogen-bond acceptors (Lipinski definition) is 7. The maximum Gasteiger partial charge on any atom is 0.291 e. The van der Waals surface area contributed by atoms with Gasteiger partial charge in [0.25, 0.3) is 5.56 Å². The van der Waals surface area contributed by atoms with Crippen LogP contribution in [0.1, 0.15) is 5.56 Å². The fraction of sp³-hybridized carbons (Fsp3) is 0.346. The summed E-state index contributed by atoms with van der Waals surface area (Å²) >= 11 is 0. The molecule has 1 N–H and O–H groups in total. The van der Waals surface area contributed by atoms with E-state index in [1.165, 1.54) is 4.68 Å². The van der Waals surface area contributed by atoms with Crippen LogP contribution in [-0.4, -0.2) is 78.0 Å². The minimum absolute atomic E-state index is 0.0896. The second-order valence-electron chi connectivity index (χ2n) is 8.72. The molecule has 0 bridgehead atoms. The van der Waals surface area contributed by atoms with E-state index in [0.717, 1.165) is 21.9 Å². The number of hydrogen-bond donors (Lipinski definition) is 1. The number of piperazine rings is 1. The largest absolute Gasteiger partial charge is 0.493 e. The standard InChI is InChI=1S/C26H29N5O5/c1-34-21-9-8-17(24(35-2)25(21)36-3)15-29-10-12-30(13-11-29)22(32)16-31-26(33)23-19(14-27-31)18-6-4-5-7-20(18)28-23/h4-9,14,28H,10-13,15-16H2,1-3H3. The van der Waals surface area contributed by atoms with E-state index in [2.05, 4.69) is 15.0 Å². The molecule has 2 aromatic carbocycles. The number of benzene rings is 2. The van der Waals surface area contributed by atoms with Crippen LogP contribution >= 0.6 is 0 Å². The summed E-state index contributed by atoms with van der Waals surface area (Å²) in [6.07, 6.45) is 1.65. The molecule has 3 heterocycles. The summed E-state index contributed by atoms with van der Waals surface area (Å²) in [4.78, 5) is 33.2. The van der Waals surface area contributed by atoms with Gasteiger partial charge in [-0.1, -0.05) is 24.3 Å². The number of aromatic amines is 1. The fourth-order valence-corrected chi connectivity index (χ4v) is 4.80. The normalized spacial score (nSPS) is 14.4. The van der Waals surface area contributed by atoms with Crippen molar-refractivity contribution in [1.82, 2.24) is 24.6 Å². The predicted molar refractivity (Wildman–Crippen MR) is 136 cm³/mol. The number of aromatic nitrogens is 3. The number of fused-ring (bicyclic) bond motifs is 3. The van der Waals surface area contributed by atoms with Gasteiger partial charge in [0.15, 0.2) is 11.5 Å². The van der Waals surface area contributed by atoms with Gasteiger partial charge in [0.1, 0.15) is 12.1 Å². The predicted octanol–water partition coefficient (Wildman–Crippen LogP) is 2.25. The van der Waals surface area contributed by atoms with Crippen molar-refractivity contribution in [3.8, 4) is 17.2 Å². The molecule has 36 heavy (non-hydrogen) atoms. The zero-order valence-corrected chi connectivity index (χ0v) is 20.6. The summed E-state index contributed by atoms with van der Waals surface area (Å²) in [6, 6.07) is 11.5. The first kappa shape index (κ1) is 23.7. The highest BCUT2D eigenvalue weighted by atomic mass is 16.5. The van der Waals surface area contributed by atoms with Gasteiger partial charge in [-0.05, 0) is 12.1 Å². The molecule has 1 fully saturated rings. The molecule has 10 nitrogen and oxygen atoms in total. The van der Waals surface area contributed by atoms with Crippen LogP contribution in [0.25, 0.3) is 21.8 Å². The number of rotatable bonds is 7. The van der Waals surface area contributed by atoms with Gasteiger partial charge in [-0.15, -0.1) is 0 Å². The van der Waals surface area contributed by atoms with Gasteiger partial charge in [0.2, 0.25) is 11.7 Å². The molecule has 1 aliphatic heterocycles. The number of amides is 1. The molecule has 188 valence electrons. The summed E-state index contributed by atoms with van der Waals surface area (Å²) in [5.41, 5.74) is 2.03. The molecule has 0 unspecified atom stereocenters. The molecule has 0 atom stereocenters. The molecule has 1 aliphatic rings. The highest BCUT2D eigenvalue weighted by Gasteiger charge is 2.24. The van der Waals surface area contributed by atoms with Crippen LogP contribution in [0.3, 0.4) is 0 Å². The van der Waals surface area contributed by atoms with E-state index in [9.17, 15) is 9.59 Å². The maximum atomic E-state index is 13.0. The first-order valence-corrected chi connectivity index (χ1v) is 11.8. The Bertz CT molecular complexity index is 1470. The van der Waals surface area contributed by atoms with E-state index in [1.807, 2.05) is 36.4 Å². The fourth-order valence-electron chi connectivity index (χ4n) is 4.80. The summed E-state index contributed by atoms with van der Waals surface area (Å²) < 4.78 is 17.7. The number of nitrogens with one attached hydrogen (secondary N) is 1. The number of H-pyrrole nitrogens is 1. The lowest BCUT2D eigenvalue weighted by atomic mass is 10.1. The second-order valence-corrected chi connectivity index (χ2v) is 8.72. The van der Waals surface area contributed by atoms with Gasteiger partial charge in [-0.2, -0.15) is 5.10 Å². The molecule has 0 aliphatic carbocycles. The van der Waals surface area contributed by atoms with Crippen LogP contribution in [0.4, 0.5) is 0 Å². The third-order valence-corrected chi connectivity index (χ3v) is 6.71. The van der Waals surface area contributed by atoms with E-state index in [0.29, 0.717) is 55.5 Å². The first-order chi connectivity index (χ1) is 17.5. The monoisotopic (exact) mass is 491 g/mol.